The number of unbranched alkanes of at least 4 members (excludes halogenated alkanes) is 44. The number of carbonyl (C=O) groups is 3. The fourth-order valence-corrected chi connectivity index (χ4v) is 10.4. The Bertz CT molecular complexity index is 1430. The molecule has 0 aromatic rings. The van der Waals surface area contributed by atoms with Gasteiger partial charge in [0.15, 0.2) is 6.10 Å². The number of esters is 3. The Morgan fingerprint density at radius 1 is 0.250 bits per heavy atom. The van der Waals surface area contributed by atoms with Crippen LogP contribution in [-0.4, -0.2) is 37.2 Å². The molecule has 0 radical (unpaired) electrons. The van der Waals surface area contributed by atoms with E-state index in [0.717, 1.165) is 96.3 Å². The third-order valence-electron chi connectivity index (χ3n) is 15.7. The molecule has 0 saturated carbocycles. The summed E-state index contributed by atoms with van der Waals surface area (Å²) >= 11 is 0. The average Bonchev–Trinajstić information content (AvgIpc) is 3.46. The number of allylic oxidation sites excluding steroid dienone is 10. The summed E-state index contributed by atoms with van der Waals surface area (Å²) in [4.78, 5) is 38.4. The average molecular weight is 1120 g/mol. The predicted molar refractivity (Wildman–Crippen MR) is 348 cm³/mol. The van der Waals surface area contributed by atoms with E-state index in [1.807, 2.05) is 0 Å². The lowest BCUT2D eigenvalue weighted by atomic mass is 10.0. The third-order valence-corrected chi connectivity index (χ3v) is 15.7. The second kappa shape index (κ2) is 68.6. The maximum atomic E-state index is 12.9. The summed E-state index contributed by atoms with van der Waals surface area (Å²) in [5, 5.41) is 0. The first-order valence-corrected chi connectivity index (χ1v) is 35.3. The molecule has 0 saturated heterocycles. The normalized spacial score (nSPS) is 12.4. The summed E-state index contributed by atoms with van der Waals surface area (Å²) in [5.74, 6) is -0.869. The lowest BCUT2D eigenvalue weighted by Gasteiger charge is -2.18. The molecule has 0 aromatic carbocycles. The maximum absolute atomic E-state index is 12.9. The highest BCUT2D eigenvalue weighted by Crippen LogP contribution is 2.18. The fraction of sp³-hybridized carbons (Fsp3) is 0.824. The highest BCUT2D eigenvalue weighted by molar-refractivity contribution is 5.71. The molecular formula is C74H134O6. The second-order valence-electron chi connectivity index (χ2n) is 23.8. The molecule has 0 heterocycles. The van der Waals surface area contributed by atoms with Crippen LogP contribution in [0.1, 0.15) is 374 Å². The van der Waals surface area contributed by atoms with Crippen LogP contribution >= 0.6 is 0 Å². The molecule has 0 fully saturated rings. The van der Waals surface area contributed by atoms with E-state index in [1.165, 1.54) is 238 Å². The van der Waals surface area contributed by atoms with Crippen LogP contribution in [0.3, 0.4) is 0 Å². The van der Waals surface area contributed by atoms with E-state index in [9.17, 15) is 14.4 Å². The number of hydrogen-bond acceptors (Lipinski definition) is 6. The van der Waals surface area contributed by atoms with Crippen molar-refractivity contribution >= 4 is 17.9 Å². The molecule has 0 N–H and O–H groups in total. The van der Waals surface area contributed by atoms with Crippen molar-refractivity contribution in [1.82, 2.24) is 0 Å². The standard InChI is InChI=1S/C74H134O6/c1-4-7-10-13-16-19-22-25-27-29-31-33-35-36-37-38-39-41-42-44-46-49-52-55-58-61-64-67-73(76)79-70-71(69-78-72(75)66-63-60-57-54-51-48-24-21-18-15-12-9-6-3)80-74(77)68-65-62-59-56-53-50-47-45-43-40-34-32-30-28-26-23-20-17-14-11-8-5-2/h12,15,21-22,24-25,29,31,35-36,71H,4-11,13-14,16-20,23,26-28,30,32-34,37-70H2,1-3H3/b15-12-,24-21-,25-22-,31-29-,36-35-. The minimum Gasteiger partial charge on any atom is -0.462 e. The van der Waals surface area contributed by atoms with Crippen LogP contribution < -0.4 is 0 Å². The Kier molecular flexibility index (Phi) is 66.1. The molecule has 0 aliphatic heterocycles. The fourth-order valence-electron chi connectivity index (χ4n) is 10.4. The summed E-state index contributed by atoms with van der Waals surface area (Å²) in [7, 11) is 0. The summed E-state index contributed by atoms with van der Waals surface area (Å²) in [6.45, 7) is 6.61. The molecule has 0 aliphatic carbocycles. The summed E-state index contributed by atoms with van der Waals surface area (Å²) in [6.07, 6.45) is 88.2. The van der Waals surface area contributed by atoms with Crippen LogP contribution in [0, 0.1) is 0 Å². The third kappa shape index (κ3) is 65.9. The van der Waals surface area contributed by atoms with E-state index in [4.69, 9.17) is 14.2 Å². The van der Waals surface area contributed by atoms with Crippen molar-refractivity contribution in [3.8, 4) is 0 Å². The zero-order valence-electron chi connectivity index (χ0n) is 53.6. The zero-order valence-corrected chi connectivity index (χ0v) is 53.6. The Balaban J connectivity index is 4.25. The Hall–Kier alpha value is -2.89. The Morgan fingerprint density at radius 2 is 0.475 bits per heavy atom. The first-order valence-electron chi connectivity index (χ1n) is 35.3. The molecule has 6 nitrogen and oxygen atoms in total. The van der Waals surface area contributed by atoms with Gasteiger partial charge in [-0.15, -0.1) is 0 Å². The molecule has 0 aliphatic rings. The molecular weight excluding hydrogens is 985 g/mol. The lowest BCUT2D eigenvalue weighted by Crippen LogP contribution is -2.30. The molecule has 80 heavy (non-hydrogen) atoms. The van der Waals surface area contributed by atoms with Gasteiger partial charge in [-0.2, -0.15) is 0 Å². The highest BCUT2D eigenvalue weighted by atomic mass is 16.6. The van der Waals surface area contributed by atoms with Crippen molar-refractivity contribution in [2.45, 2.75) is 380 Å². The highest BCUT2D eigenvalue weighted by Gasteiger charge is 2.19. The van der Waals surface area contributed by atoms with Crippen LogP contribution in [0.25, 0.3) is 0 Å². The predicted octanol–water partition coefficient (Wildman–Crippen LogP) is 24.3. The minimum atomic E-state index is -0.780. The van der Waals surface area contributed by atoms with Crippen LogP contribution in [0.2, 0.25) is 0 Å². The van der Waals surface area contributed by atoms with Gasteiger partial charge in [0.1, 0.15) is 13.2 Å². The number of ether oxygens (including phenoxy) is 3. The molecule has 1 atom stereocenters. The van der Waals surface area contributed by atoms with Crippen molar-refractivity contribution in [1.29, 1.82) is 0 Å². The molecule has 0 bridgehead atoms. The molecule has 1 unspecified atom stereocenters. The zero-order chi connectivity index (χ0) is 57.8. The van der Waals surface area contributed by atoms with Gasteiger partial charge < -0.3 is 14.2 Å². The van der Waals surface area contributed by atoms with Crippen LogP contribution in [0.4, 0.5) is 0 Å². The quantitative estimate of drug-likeness (QED) is 0.0261. The van der Waals surface area contributed by atoms with Gasteiger partial charge in [0.05, 0.1) is 0 Å². The first-order chi connectivity index (χ1) is 39.5. The summed E-state index contributed by atoms with van der Waals surface area (Å²) in [6, 6.07) is 0. The molecule has 0 amide bonds. The van der Waals surface area contributed by atoms with Gasteiger partial charge in [0.25, 0.3) is 0 Å². The van der Waals surface area contributed by atoms with Crippen LogP contribution in [0.5, 0.6) is 0 Å². The summed E-state index contributed by atoms with van der Waals surface area (Å²) in [5.41, 5.74) is 0. The molecule has 0 rings (SSSR count). The van der Waals surface area contributed by atoms with Crippen molar-refractivity contribution < 1.29 is 28.6 Å². The van der Waals surface area contributed by atoms with Gasteiger partial charge in [0.2, 0.25) is 0 Å². The minimum absolute atomic E-state index is 0.0760. The van der Waals surface area contributed by atoms with Crippen molar-refractivity contribution in [3.05, 3.63) is 60.8 Å². The number of rotatable bonds is 65. The second-order valence-corrected chi connectivity index (χ2v) is 23.8. The Labute approximate surface area is 498 Å². The van der Waals surface area contributed by atoms with Crippen LogP contribution in [0.15, 0.2) is 60.8 Å². The molecule has 0 aromatic heterocycles. The van der Waals surface area contributed by atoms with Crippen molar-refractivity contribution in [3.63, 3.8) is 0 Å². The lowest BCUT2D eigenvalue weighted by molar-refractivity contribution is -0.167. The van der Waals surface area contributed by atoms with Gasteiger partial charge in [-0.3, -0.25) is 14.4 Å². The Morgan fingerprint density at radius 3 is 0.750 bits per heavy atom. The van der Waals surface area contributed by atoms with E-state index in [1.54, 1.807) is 0 Å². The van der Waals surface area contributed by atoms with Gasteiger partial charge in [0, 0.05) is 19.3 Å². The van der Waals surface area contributed by atoms with Crippen LogP contribution in [-0.2, 0) is 28.6 Å². The van der Waals surface area contributed by atoms with E-state index >= 15 is 0 Å². The van der Waals surface area contributed by atoms with Crippen molar-refractivity contribution in [2.75, 3.05) is 13.2 Å². The topological polar surface area (TPSA) is 78.9 Å². The molecule has 466 valence electrons. The first kappa shape index (κ1) is 77.1. The van der Waals surface area contributed by atoms with E-state index in [2.05, 4.69) is 81.5 Å². The van der Waals surface area contributed by atoms with Gasteiger partial charge in [-0.25, -0.2) is 0 Å². The SMILES string of the molecule is CCC/C=C\C/C=C\CCCCCCCC(=O)OCC(COC(=O)CCCCCCCCCCCCCC/C=C\C/C=C\C/C=C\CCCCCCC)OC(=O)CCCCCCCCCCCCCCCCCCCCCCCC. The van der Waals surface area contributed by atoms with Crippen molar-refractivity contribution in [2.24, 2.45) is 0 Å². The molecule has 0 spiro atoms. The van der Waals surface area contributed by atoms with E-state index in [0.29, 0.717) is 19.3 Å². The monoisotopic (exact) mass is 1120 g/mol. The van der Waals surface area contributed by atoms with E-state index in [-0.39, 0.29) is 31.1 Å². The summed E-state index contributed by atoms with van der Waals surface area (Å²) < 4.78 is 17.0. The number of carbonyl (C=O) groups excluding carboxylic acids is 3. The van der Waals surface area contributed by atoms with Gasteiger partial charge in [-0.1, -0.05) is 332 Å². The van der Waals surface area contributed by atoms with E-state index < -0.39 is 6.10 Å². The molecule has 6 heteroatoms. The number of hydrogen-bond donors (Lipinski definition) is 0. The maximum Gasteiger partial charge on any atom is 0.306 e. The smallest absolute Gasteiger partial charge is 0.306 e. The largest absolute Gasteiger partial charge is 0.462 e. The van der Waals surface area contributed by atoms with Gasteiger partial charge in [-0.05, 0) is 83.5 Å². The van der Waals surface area contributed by atoms with Gasteiger partial charge >= 0.3 is 17.9 Å².